The Balaban J connectivity index is 1.95. The summed E-state index contributed by atoms with van der Waals surface area (Å²) >= 11 is 1.45. The number of benzene rings is 2. The number of para-hydroxylation sites is 2. The number of carbonyl (C=O) groups excluding carboxylic acids is 1. The second-order valence-corrected chi connectivity index (χ2v) is 6.03. The molecule has 0 radical (unpaired) electrons. The molecule has 5 heteroatoms. The van der Waals surface area contributed by atoms with Gasteiger partial charge in [-0.3, -0.25) is 9.36 Å². The molecule has 3 rings (SSSR count). The molecular formula is C19H15FN2OS. The Morgan fingerprint density at radius 1 is 1.21 bits per heavy atom. The molecule has 0 saturated carbocycles. The number of thioether (sulfide) groups is 1. The van der Waals surface area contributed by atoms with E-state index in [2.05, 4.69) is 11.6 Å². The van der Waals surface area contributed by atoms with E-state index in [4.69, 9.17) is 0 Å². The minimum atomic E-state index is -0.304. The second kappa shape index (κ2) is 7.27. The summed E-state index contributed by atoms with van der Waals surface area (Å²) in [6.45, 7) is 3.70. The van der Waals surface area contributed by atoms with Crippen molar-refractivity contribution in [2.45, 2.75) is 5.16 Å². The Morgan fingerprint density at radius 2 is 1.96 bits per heavy atom. The van der Waals surface area contributed by atoms with Crippen molar-refractivity contribution in [2.75, 3.05) is 5.75 Å². The lowest BCUT2D eigenvalue weighted by molar-refractivity contribution is 0.0965. The molecule has 1 aromatic heterocycles. The van der Waals surface area contributed by atoms with Crippen LogP contribution in [0.4, 0.5) is 4.39 Å². The third-order valence-electron chi connectivity index (χ3n) is 3.37. The molecule has 0 unspecified atom stereocenters. The van der Waals surface area contributed by atoms with Crippen molar-refractivity contribution in [1.82, 2.24) is 9.55 Å². The van der Waals surface area contributed by atoms with Crippen molar-refractivity contribution in [3.05, 3.63) is 78.6 Å². The van der Waals surface area contributed by atoms with Crippen molar-refractivity contribution < 1.29 is 9.18 Å². The zero-order valence-corrected chi connectivity index (χ0v) is 13.7. The molecule has 0 amide bonds. The van der Waals surface area contributed by atoms with Crippen LogP contribution in [0.2, 0.25) is 0 Å². The predicted molar refractivity (Wildman–Crippen MR) is 96.7 cm³/mol. The standard InChI is InChI=1S/C19H15FN2OS/c1-2-13-24-19-21-16-5-3-4-6-17(16)22(19)18(23)12-9-14-7-10-15(20)11-8-14/h2-12H,1,13H2/b12-9+. The van der Waals surface area contributed by atoms with Gasteiger partial charge in [0.25, 0.3) is 5.91 Å². The van der Waals surface area contributed by atoms with E-state index in [-0.39, 0.29) is 11.7 Å². The third kappa shape index (κ3) is 3.46. The number of rotatable bonds is 5. The molecule has 24 heavy (non-hydrogen) atoms. The molecule has 0 atom stereocenters. The molecule has 0 bridgehead atoms. The number of hydrogen-bond donors (Lipinski definition) is 0. The molecule has 0 aliphatic heterocycles. The van der Waals surface area contributed by atoms with Crippen molar-refractivity contribution in [3.8, 4) is 0 Å². The number of halogens is 1. The van der Waals surface area contributed by atoms with Gasteiger partial charge in [-0.25, -0.2) is 9.37 Å². The summed E-state index contributed by atoms with van der Waals surface area (Å²) in [5.74, 6) is 0.167. The fraction of sp³-hybridized carbons (Fsp3) is 0.0526. The SMILES string of the molecule is C=CCSc1nc2ccccc2n1C(=O)/C=C/c1ccc(F)cc1. The maximum Gasteiger partial charge on any atom is 0.257 e. The zero-order chi connectivity index (χ0) is 16.9. The highest BCUT2D eigenvalue weighted by molar-refractivity contribution is 7.99. The number of carbonyl (C=O) groups is 1. The molecular weight excluding hydrogens is 323 g/mol. The number of fused-ring (bicyclic) bond motifs is 1. The highest BCUT2D eigenvalue weighted by Gasteiger charge is 2.14. The van der Waals surface area contributed by atoms with Gasteiger partial charge in [0.2, 0.25) is 0 Å². The number of hydrogen-bond acceptors (Lipinski definition) is 3. The Kier molecular flexibility index (Phi) is 4.91. The summed E-state index contributed by atoms with van der Waals surface area (Å²) in [7, 11) is 0. The van der Waals surface area contributed by atoms with E-state index in [0.717, 1.165) is 16.6 Å². The molecule has 2 aromatic carbocycles. The molecule has 0 saturated heterocycles. The van der Waals surface area contributed by atoms with E-state index in [1.165, 1.54) is 30.0 Å². The Hall–Kier alpha value is -2.66. The highest BCUT2D eigenvalue weighted by Crippen LogP contribution is 2.24. The summed E-state index contributed by atoms with van der Waals surface area (Å²) in [5, 5.41) is 0.629. The molecule has 3 nitrogen and oxygen atoms in total. The summed E-state index contributed by atoms with van der Waals surface area (Å²) in [4.78, 5) is 17.2. The summed E-state index contributed by atoms with van der Waals surface area (Å²) in [6.07, 6.45) is 4.91. The molecule has 0 aliphatic carbocycles. The lowest BCUT2D eigenvalue weighted by Crippen LogP contribution is -2.08. The van der Waals surface area contributed by atoms with Crippen LogP contribution in [0, 0.1) is 5.82 Å². The van der Waals surface area contributed by atoms with Crippen LogP contribution in [-0.2, 0) is 0 Å². The average molecular weight is 338 g/mol. The first-order valence-corrected chi connectivity index (χ1v) is 8.37. The fourth-order valence-electron chi connectivity index (χ4n) is 2.26. The number of nitrogens with zero attached hydrogens (tertiary/aromatic N) is 2. The fourth-order valence-corrected chi connectivity index (χ4v) is 3.01. The van der Waals surface area contributed by atoms with E-state index in [1.54, 1.807) is 28.9 Å². The van der Waals surface area contributed by atoms with Gasteiger partial charge in [-0.15, -0.1) is 6.58 Å². The van der Waals surface area contributed by atoms with Crippen LogP contribution in [0.15, 0.2) is 72.4 Å². The van der Waals surface area contributed by atoms with E-state index < -0.39 is 0 Å². The number of allylic oxidation sites excluding steroid dienone is 1. The van der Waals surface area contributed by atoms with Crippen LogP contribution in [0.3, 0.4) is 0 Å². The van der Waals surface area contributed by atoms with Crippen LogP contribution in [0.1, 0.15) is 10.4 Å². The quantitative estimate of drug-likeness (QED) is 0.380. The topological polar surface area (TPSA) is 34.9 Å². The van der Waals surface area contributed by atoms with Crippen LogP contribution < -0.4 is 0 Å². The van der Waals surface area contributed by atoms with E-state index in [1.807, 2.05) is 24.3 Å². The first-order valence-electron chi connectivity index (χ1n) is 7.38. The van der Waals surface area contributed by atoms with Gasteiger partial charge in [0.1, 0.15) is 5.82 Å². The third-order valence-corrected chi connectivity index (χ3v) is 4.30. The lowest BCUT2D eigenvalue weighted by Gasteiger charge is -2.03. The Morgan fingerprint density at radius 3 is 2.71 bits per heavy atom. The van der Waals surface area contributed by atoms with E-state index in [0.29, 0.717) is 10.9 Å². The van der Waals surface area contributed by atoms with Gasteiger partial charge in [-0.05, 0) is 35.9 Å². The van der Waals surface area contributed by atoms with Gasteiger partial charge < -0.3 is 0 Å². The van der Waals surface area contributed by atoms with Crippen molar-refractivity contribution >= 4 is 34.8 Å². The van der Waals surface area contributed by atoms with Gasteiger partial charge in [0, 0.05) is 11.8 Å². The second-order valence-electron chi connectivity index (χ2n) is 5.04. The monoisotopic (exact) mass is 338 g/mol. The maximum atomic E-state index is 12.9. The minimum Gasteiger partial charge on any atom is -0.269 e. The van der Waals surface area contributed by atoms with Gasteiger partial charge in [0.05, 0.1) is 11.0 Å². The van der Waals surface area contributed by atoms with Crippen LogP contribution in [-0.4, -0.2) is 21.2 Å². The Labute approximate surface area is 143 Å². The maximum absolute atomic E-state index is 12.9. The molecule has 120 valence electrons. The number of aromatic nitrogens is 2. The van der Waals surface area contributed by atoms with Gasteiger partial charge in [0.15, 0.2) is 5.16 Å². The normalized spacial score (nSPS) is 11.2. The summed E-state index contributed by atoms with van der Waals surface area (Å²) in [5.41, 5.74) is 2.29. The summed E-state index contributed by atoms with van der Waals surface area (Å²) in [6, 6.07) is 13.5. The van der Waals surface area contributed by atoms with Gasteiger partial charge >= 0.3 is 0 Å². The van der Waals surface area contributed by atoms with E-state index in [9.17, 15) is 9.18 Å². The molecule has 0 N–H and O–H groups in total. The van der Waals surface area contributed by atoms with Crippen LogP contribution >= 0.6 is 11.8 Å². The molecule has 1 heterocycles. The van der Waals surface area contributed by atoms with Gasteiger partial charge in [-0.2, -0.15) is 0 Å². The largest absolute Gasteiger partial charge is 0.269 e. The smallest absolute Gasteiger partial charge is 0.257 e. The van der Waals surface area contributed by atoms with Gasteiger partial charge in [-0.1, -0.05) is 42.1 Å². The van der Waals surface area contributed by atoms with Crippen molar-refractivity contribution in [1.29, 1.82) is 0 Å². The lowest BCUT2D eigenvalue weighted by atomic mass is 10.2. The first kappa shape index (κ1) is 16.2. The highest BCUT2D eigenvalue weighted by atomic mass is 32.2. The summed E-state index contributed by atoms with van der Waals surface area (Å²) < 4.78 is 14.5. The Bertz CT molecular complexity index is 913. The average Bonchev–Trinajstić information content (AvgIpc) is 2.97. The van der Waals surface area contributed by atoms with Crippen LogP contribution in [0.5, 0.6) is 0 Å². The minimum absolute atomic E-state index is 0.195. The predicted octanol–water partition coefficient (Wildman–Crippen LogP) is 4.81. The first-order chi connectivity index (χ1) is 11.7. The molecule has 3 aromatic rings. The zero-order valence-electron chi connectivity index (χ0n) is 12.9. The van der Waals surface area contributed by atoms with Crippen molar-refractivity contribution in [3.63, 3.8) is 0 Å². The number of imidazole rings is 1. The van der Waals surface area contributed by atoms with Crippen LogP contribution in [0.25, 0.3) is 17.1 Å². The molecule has 0 aliphatic rings. The molecule has 0 fully saturated rings. The molecule has 0 spiro atoms. The van der Waals surface area contributed by atoms with Crippen molar-refractivity contribution in [2.24, 2.45) is 0 Å². The van der Waals surface area contributed by atoms with E-state index >= 15 is 0 Å².